The fraction of sp³-hybridized carbons (Fsp3) is 0.600. The highest BCUT2D eigenvalue weighted by molar-refractivity contribution is 14.0. The van der Waals surface area contributed by atoms with Crippen LogP contribution < -0.4 is 21.1 Å². The van der Waals surface area contributed by atoms with Crippen LogP contribution in [-0.4, -0.2) is 31.1 Å². The van der Waals surface area contributed by atoms with Gasteiger partial charge in [-0.1, -0.05) is 26.0 Å². The van der Waals surface area contributed by atoms with Crippen LogP contribution in [0, 0.1) is 11.8 Å². The Kier molecular flexibility index (Phi) is 10.5. The van der Waals surface area contributed by atoms with Gasteiger partial charge >= 0.3 is 0 Å². The number of amides is 1. The van der Waals surface area contributed by atoms with Crippen LogP contribution in [0.25, 0.3) is 0 Å². The predicted molar refractivity (Wildman–Crippen MR) is 120 cm³/mol. The van der Waals surface area contributed by atoms with Crippen molar-refractivity contribution in [2.45, 2.75) is 52.6 Å². The molecule has 1 aromatic carbocycles. The summed E-state index contributed by atoms with van der Waals surface area (Å²) in [6, 6.07) is 8.06. The van der Waals surface area contributed by atoms with Crippen molar-refractivity contribution in [1.82, 2.24) is 10.6 Å². The third-order valence-corrected chi connectivity index (χ3v) is 4.56. The van der Waals surface area contributed by atoms with Crippen molar-refractivity contribution in [2.75, 3.05) is 13.2 Å². The number of benzene rings is 1. The fourth-order valence-corrected chi connectivity index (χ4v) is 3.64. The van der Waals surface area contributed by atoms with E-state index in [0.717, 1.165) is 29.9 Å². The van der Waals surface area contributed by atoms with Crippen LogP contribution in [0.2, 0.25) is 0 Å². The van der Waals surface area contributed by atoms with E-state index in [1.54, 1.807) is 0 Å². The quantitative estimate of drug-likeness (QED) is 0.313. The van der Waals surface area contributed by atoms with Crippen molar-refractivity contribution in [3.8, 4) is 5.75 Å². The summed E-state index contributed by atoms with van der Waals surface area (Å²) in [5, 5.41) is 6.92. The summed E-state index contributed by atoms with van der Waals surface area (Å²) in [6.07, 6.45) is 3.68. The first-order valence-corrected chi connectivity index (χ1v) is 9.51. The molecule has 0 bridgehead atoms. The number of aliphatic imine (C=N–C) groups is 1. The second-order valence-corrected chi connectivity index (χ2v) is 7.36. The molecule has 0 spiro atoms. The summed E-state index contributed by atoms with van der Waals surface area (Å²) in [5.74, 6) is 2.49. The molecule has 0 heterocycles. The van der Waals surface area contributed by atoms with Crippen LogP contribution in [-0.2, 0) is 11.3 Å². The average molecular weight is 488 g/mol. The molecule has 0 aromatic heterocycles. The highest BCUT2D eigenvalue weighted by Gasteiger charge is 2.24. The number of nitrogens with two attached hydrogens (primary N) is 1. The molecule has 152 valence electrons. The van der Waals surface area contributed by atoms with Crippen LogP contribution in [0.3, 0.4) is 0 Å². The van der Waals surface area contributed by atoms with Gasteiger partial charge < -0.3 is 21.1 Å². The zero-order valence-electron chi connectivity index (χ0n) is 16.5. The van der Waals surface area contributed by atoms with Gasteiger partial charge in [0, 0.05) is 12.6 Å². The molecule has 7 heteroatoms. The Labute approximate surface area is 179 Å². The molecule has 1 saturated carbocycles. The van der Waals surface area contributed by atoms with E-state index < -0.39 is 5.91 Å². The van der Waals surface area contributed by atoms with Gasteiger partial charge in [-0.15, -0.1) is 24.0 Å². The van der Waals surface area contributed by atoms with Gasteiger partial charge in [-0.25, -0.2) is 4.99 Å². The highest BCUT2D eigenvalue weighted by atomic mass is 127. The van der Waals surface area contributed by atoms with Crippen molar-refractivity contribution >= 4 is 35.8 Å². The van der Waals surface area contributed by atoms with Gasteiger partial charge in [0.05, 0.1) is 6.54 Å². The number of carbonyl (C=O) groups is 1. The second-order valence-electron chi connectivity index (χ2n) is 7.36. The molecule has 1 aliphatic carbocycles. The summed E-state index contributed by atoms with van der Waals surface area (Å²) in [7, 11) is 0. The van der Waals surface area contributed by atoms with Crippen LogP contribution >= 0.6 is 24.0 Å². The highest BCUT2D eigenvalue weighted by Crippen LogP contribution is 2.28. The molecule has 4 N–H and O–H groups in total. The largest absolute Gasteiger partial charge is 0.484 e. The molecule has 6 nitrogen and oxygen atoms in total. The maximum atomic E-state index is 10.8. The van der Waals surface area contributed by atoms with Crippen molar-refractivity contribution in [3.63, 3.8) is 0 Å². The minimum absolute atomic E-state index is 0. The molecule has 1 aromatic rings. The van der Waals surface area contributed by atoms with Crippen LogP contribution in [0.1, 0.15) is 45.6 Å². The molecule has 0 saturated heterocycles. The molecule has 27 heavy (non-hydrogen) atoms. The first kappa shape index (κ1) is 23.5. The summed E-state index contributed by atoms with van der Waals surface area (Å²) >= 11 is 0. The van der Waals surface area contributed by atoms with Crippen molar-refractivity contribution in [2.24, 2.45) is 22.6 Å². The lowest BCUT2D eigenvalue weighted by Crippen LogP contribution is -2.46. The van der Waals surface area contributed by atoms with Gasteiger partial charge in [0.25, 0.3) is 5.91 Å². The van der Waals surface area contributed by atoms with Crippen LogP contribution in [0.5, 0.6) is 5.75 Å². The van der Waals surface area contributed by atoms with E-state index >= 15 is 0 Å². The third kappa shape index (κ3) is 8.81. The number of halogens is 1. The predicted octanol–water partition coefficient (Wildman–Crippen LogP) is 3.05. The molecular formula is C20H33IN4O2. The Balaban J connectivity index is 0.00000364. The standard InChI is InChI=1S/C20H32N4O2.HI/c1-4-22-20(24-17-9-14(2)8-15(3)10-17)23-12-16-6-5-7-18(11-16)26-13-19(21)25;/h5-7,11,14-15,17H,4,8-10,12-13H2,1-3H3,(H2,21,25)(H2,22,23,24);1H. The Morgan fingerprint density at radius 1 is 1.26 bits per heavy atom. The monoisotopic (exact) mass is 488 g/mol. The fourth-order valence-electron chi connectivity index (χ4n) is 3.64. The van der Waals surface area contributed by atoms with Crippen LogP contribution in [0.15, 0.2) is 29.3 Å². The molecule has 0 aliphatic heterocycles. The lowest BCUT2D eigenvalue weighted by Gasteiger charge is -2.32. The lowest BCUT2D eigenvalue weighted by atomic mass is 9.80. The molecule has 1 amide bonds. The molecule has 1 fully saturated rings. The number of nitrogens with one attached hydrogen (secondary N) is 2. The zero-order valence-corrected chi connectivity index (χ0v) is 18.9. The lowest BCUT2D eigenvalue weighted by molar-refractivity contribution is -0.119. The van der Waals surface area contributed by atoms with E-state index in [1.165, 1.54) is 19.3 Å². The normalized spacial score (nSPS) is 22.5. The van der Waals surface area contributed by atoms with Gasteiger partial charge in [0.2, 0.25) is 0 Å². The molecule has 2 atom stereocenters. The van der Waals surface area contributed by atoms with Crippen molar-refractivity contribution in [3.05, 3.63) is 29.8 Å². The number of primary amides is 1. The van der Waals surface area contributed by atoms with E-state index in [9.17, 15) is 4.79 Å². The molecule has 2 rings (SSSR count). The molecule has 0 radical (unpaired) electrons. The van der Waals surface area contributed by atoms with Crippen molar-refractivity contribution in [1.29, 1.82) is 0 Å². The van der Waals surface area contributed by atoms with E-state index in [4.69, 9.17) is 15.5 Å². The van der Waals surface area contributed by atoms with E-state index in [-0.39, 0.29) is 30.6 Å². The number of nitrogens with zero attached hydrogens (tertiary/aromatic N) is 1. The second kappa shape index (κ2) is 12.0. The van der Waals surface area contributed by atoms with Gasteiger partial charge in [-0.2, -0.15) is 0 Å². The number of carbonyl (C=O) groups excluding carboxylic acids is 1. The van der Waals surface area contributed by atoms with E-state index in [2.05, 4.69) is 31.4 Å². The van der Waals surface area contributed by atoms with Gasteiger partial charge in [0.1, 0.15) is 5.75 Å². The first-order chi connectivity index (χ1) is 12.5. The van der Waals surface area contributed by atoms with E-state index in [0.29, 0.717) is 18.3 Å². The summed E-state index contributed by atoms with van der Waals surface area (Å²) in [4.78, 5) is 15.6. The zero-order chi connectivity index (χ0) is 18.9. The SMILES string of the molecule is CCNC(=NCc1cccc(OCC(N)=O)c1)NC1CC(C)CC(C)C1.I. The van der Waals surface area contributed by atoms with Gasteiger partial charge in [0.15, 0.2) is 12.6 Å². The Morgan fingerprint density at radius 3 is 2.59 bits per heavy atom. The third-order valence-electron chi connectivity index (χ3n) is 4.56. The van der Waals surface area contributed by atoms with Gasteiger partial charge in [-0.3, -0.25) is 4.79 Å². The summed E-state index contributed by atoms with van der Waals surface area (Å²) in [6.45, 7) is 7.97. The molecular weight excluding hydrogens is 455 g/mol. The number of hydrogen-bond donors (Lipinski definition) is 3. The number of guanidine groups is 1. The van der Waals surface area contributed by atoms with Gasteiger partial charge in [-0.05, 0) is 55.7 Å². The maximum absolute atomic E-state index is 10.8. The number of rotatable bonds is 7. The minimum Gasteiger partial charge on any atom is -0.484 e. The average Bonchev–Trinajstić information content (AvgIpc) is 2.57. The number of hydrogen-bond acceptors (Lipinski definition) is 3. The molecule has 1 aliphatic rings. The maximum Gasteiger partial charge on any atom is 0.255 e. The Hall–Kier alpha value is -1.51. The Morgan fingerprint density at radius 2 is 1.96 bits per heavy atom. The number of ether oxygens (including phenoxy) is 1. The topological polar surface area (TPSA) is 88.7 Å². The van der Waals surface area contributed by atoms with E-state index in [1.807, 2.05) is 24.3 Å². The smallest absolute Gasteiger partial charge is 0.255 e. The first-order valence-electron chi connectivity index (χ1n) is 9.51. The summed E-state index contributed by atoms with van der Waals surface area (Å²) < 4.78 is 5.35. The minimum atomic E-state index is -0.483. The van der Waals surface area contributed by atoms with Crippen LogP contribution in [0.4, 0.5) is 0 Å². The summed E-state index contributed by atoms with van der Waals surface area (Å²) in [5.41, 5.74) is 6.14. The molecule has 2 unspecified atom stereocenters. The van der Waals surface area contributed by atoms with Crippen molar-refractivity contribution < 1.29 is 9.53 Å². The Bertz CT molecular complexity index is 614.